The first-order chi connectivity index (χ1) is 8.60. The van der Waals surface area contributed by atoms with Gasteiger partial charge in [-0.15, -0.1) is 0 Å². The highest BCUT2D eigenvalue weighted by Crippen LogP contribution is 2.21. The summed E-state index contributed by atoms with van der Waals surface area (Å²) in [6.45, 7) is 9.77. The molecule has 1 aromatic carbocycles. The third-order valence-corrected chi connectivity index (χ3v) is 3.46. The third kappa shape index (κ3) is 4.22. The molecule has 0 aliphatic heterocycles. The van der Waals surface area contributed by atoms with E-state index in [9.17, 15) is 0 Å². The van der Waals surface area contributed by atoms with Crippen LogP contribution in [-0.2, 0) is 6.54 Å². The number of hydrogen-bond donors (Lipinski definition) is 1. The Hall–Kier alpha value is -1.22. The number of nitrogen functional groups attached to an aromatic ring is 1. The molecule has 0 fully saturated rings. The lowest BCUT2D eigenvalue weighted by molar-refractivity contribution is 0.238. The van der Waals surface area contributed by atoms with Gasteiger partial charge >= 0.3 is 0 Å². The zero-order valence-corrected chi connectivity index (χ0v) is 12.1. The first-order valence-electron chi connectivity index (χ1n) is 6.75. The Labute approximate surface area is 111 Å². The fourth-order valence-electron chi connectivity index (χ4n) is 1.96. The van der Waals surface area contributed by atoms with Crippen LogP contribution in [0.15, 0.2) is 18.2 Å². The fraction of sp³-hybridized carbons (Fsp3) is 0.600. The summed E-state index contributed by atoms with van der Waals surface area (Å²) in [4.78, 5) is 2.43. The molecule has 102 valence electrons. The maximum Gasteiger partial charge on any atom is 0.119 e. The number of nitrogens with two attached hydrogens (primary N) is 1. The zero-order valence-electron chi connectivity index (χ0n) is 12.1. The normalized spacial score (nSPS) is 12.7. The van der Waals surface area contributed by atoms with Gasteiger partial charge in [-0.25, -0.2) is 0 Å². The number of hydrogen-bond acceptors (Lipinski definition) is 3. The monoisotopic (exact) mass is 250 g/mol. The summed E-state index contributed by atoms with van der Waals surface area (Å²) in [5, 5.41) is 0. The van der Waals surface area contributed by atoms with Crippen LogP contribution >= 0.6 is 0 Å². The maximum atomic E-state index is 6.03. The van der Waals surface area contributed by atoms with Gasteiger partial charge in [-0.3, -0.25) is 4.90 Å². The second-order valence-electron chi connectivity index (χ2n) is 4.91. The van der Waals surface area contributed by atoms with Gasteiger partial charge < -0.3 is 10.5 Å². The van der Waals surface area contributed by atoms with E-state index in [1.807, 2.05) is 18.2 Å². The Bertz CT molecular complexity index is 366. The first kappa shape index (κ1) is 14.8. The Kier molecular flexibility index (Phi) is 5.99. The number of ether oxygens (including phenoxy) is 1. The van der Waals surface area contributed by atoms with Crippen LogP contribution < -0.4 is 10.5 Å². The third-order valence-electron chi connectivity index (χ3n) is 3.46. The lowest BCUT2D eigenvalue weighted by Gasteiger charge is -2.24. The smallest absolute Gasteiger partial charge is 0.119 e. The predicted molar refractivity (Wildman–Crippen MR) is 77.8 cm³/mol. The van der Waals surface area contributed by atoms with E-state index < -0.39 is 0 Å². The second-order valence-corrected chi connectivity index (χ2v) is 4.91. The van der Waals surface area contributed by atoms with Crippen LogP contribution in [0.4, 0.5) is 5.69 Å². The van der Waals surface area contributed by atoms with E-state index in [1.54, 1.807) is 7.11 Å². The van der Waals surface area contributed by atoms with Crippen molar-refractivity contribution in [2.24, 2.45) is 5.92 Å². The van der Waals surface area contributed by atoms with Crippen molar-refractivity contribution in [3.63, 3.8) is 0 Å². The van der Waals surface area contributed by atoms with Gasteiger partial charge in [0, 0.05) is 18.8 Å². The van der Waals surface area contributed by atoms with Crippen LogP contribution in [0.1, 0.15) is 32.8 Å². The lowest BCUT2D eigenvalue weighted by Crippen LogP contribution is -2.28. The second kappa shape index (κ2) is 7.27. The van der Waals surface area contributed by atoms with Gasteiger partial charge in [0.2, 0.25) is 0 Å². The minimum Gasteiger partial charge on any atom is -0.497 e. The molecule has 0 radical (unpaired) electrons. The van der Waals surface area contributed by atoms with Crippen molar-refractivity contribution < 1.29 is 4.74 Å². The van der Waals surface area contributed by atoms with Crippen LogP contribution in [-0.4, -0.2) is 25.1 Å². The summed E-state index contributed by atoms with van der Waals surface area (Å²) in [6.07, 6.45) is 1.21. The topological polar surface area (TPSA) is 38.5 Å². The first-order valence-corrected chi connectivity index (χ1v) is 6.75. The highest BCUT2D eigenvalue weighted by molar-refractivity contribution is 5.50. The minimum atomic E-state index is 0.719. The van der Waals surface area contributed by atoms with Gasteiger partial charge in [0.1, 0.15) is 5.75 Å². The lowest BCUT2D eigenvalue weighted by atomic mass is 10.1. The Morgan fingerprint density at radius 3 is 2.61 bits per heavy atom. The van der Waals surface area contributed by atoms with Crippen LogP contribution in [0.3, 0.4) is 0 Å². The highest BCUT2D eigenvalue weighted by atomic mass is 16.5. The van der Waals surface area contributed by atoms with Gasteiger partial charge in [0.15, 0.2) is 0 Å². The Balaban J connectivity index is 2.74. The van der Waals surface area contributed by atoms with Crippen molar-refractivity contribution >= 4 is 5.69 Å². The van der Waals surface area contributed by atoms with E-state index in [0.717, 1.165) is 42.6 Å². The highest BCUT2D eigenvalue weighted by Gasteiger charge is 2.10. The van der Waals surface area contributed by atoms with Crippen molar-refractivity contribution in [2.45, 2.75) is 33.7 Å². The molecule has 0 saturated carbocycles. The SMILES string of the molecule is CCC(C)CN(CC)Cc1cc(OC)ccc1N. The summed E-state index contributed by atoms with van der Waals surface area (Å²) in [5.74, 6) is 1.59. The molecule has 0 aromatic heterocycles. The van der Waals surface area contributed by atoms with Gasteiger partial charge in [-0.1, -0.05) is 27.2 Å². The van der Waals surface area contributed by atoms with Crippen molar-refractivity contribution in [3.8, 4) is 5.75 Å². The van der Waals surface area contributed by atoms with E-state index in [1.165, 1.54) is 6.42 Å². The number of anilines is 1. The summed E-state index contributed by atoms with van der Waals surface area (Å²) >= 11 is 0. The standard InChI is InChI=1S/C15H26N2O/c1-5-12(3)10-17(6-2)11-13-9-14(18-4)7-8-15(13)16/h7-9,12H,5-6,10-11,16H2,1-4H3. The van der Waals surface area contributed by atoms with Gasteiger partial charge in [-0.2, -0.15) is 0 Å². The van der Waals surface area contributed by atoms with E-state index in [2.05, 4.69) is 25.7 Å². The molecule has 2 N–H and O–H groups in total. The molecule has 0 heterocycles. The van der Waals surface area contributed by atoms with Crippen molar-refractivity contribution in [1.82, 2.24) is 4.90 Å². The molecule has 0 bridgehead atoms. The number of benzene rings is 1. The molecule has 0 saturated heterocycles. The summed E-state index contributed by atoms with van der Waals surface area (Å²) in [6, 6.07) is 5.86. The summed E-state index contributed by atoms with van der Waals surface area (Å²) in [7, 11) is 1.69. The van der Waals surface area contributed by atoms with E-state index >= 15 is 0 Å². The molecule has 3 nitrogen and oxygen atoms in total. The van der Waals surface area contributed by atoms with Crippen molar-refractivity contribution in [1.29, 1.82) is 0 Å². The molecule has 0 aliphatic carbocycles. The molecule has 18 heavy (non-hydrogen) atoms. The molecule has 0 amide bonds. The molecule has 0 spiro atoms. The summed E-state index contributed by atoms with van der Waals surface area (Å²) < 4.78 is 5.25. The fourth-order valence-corrected chi connectivity index (χ4v) is 1.96. The van der Waals surface area contributed by atoms with E-state index in [-0.39, 0.29) is 0 Å². The molecule has 1 rings (SSSR count). The van der Waals surface area contributed by atoms with Crippen molar-refractivity contribution in [3.05, 3.63) is 23.8 Å². The van der Waals surface area contributed by atoms with Crippen LogP contribution in [0, 0.1) is 5.92 Å². The molecular weight excluding hydrogens is 224 g/mol. The van der Waals surface area contributed by atoms with E-state index in [0.29, 0.717) is 0 Å². The van der Waals surface area contributed by atoms with Gasteiger partial charge in [0.05, 0.1) is 7.11 Å². The molecule has 1 unspecified atom stereocenters. The largest absolute Gasteiger partial charge is 0.497 e. The van der Waals surface area contributed by atoms with Gasteiger partial charge in [-0.05, 0) is 36.2 Å². The number of nitrogens with zero attached hydrogens (tertiary/aromatic N) is 1. The number of rotatable bonds is 7. The predicted octanol–water partition coefficient (Wildman–Crippen LogP) is 3.15. The molecule has 3 heteroatoms. The molecular formula is C15H26N2O. The van der Waals surface area contributed by atoms with Crippen molar-refractivity contribution in [2.75, 3.05) is 25.9 Å². The zero-order chi connectivity index (χ0) is 13.5. The van der Waals surface area contributed by atoms with Crippen LogP contribution in [0.25, 0.3) is 0 Å². The average Bonchev–Trinajstić information content (AvgIpc) is 2.39. The molecule has 1 aromatic rings. The van der Waals surface area contributed by atoms with Gasteiger partial charge in [0.25, 0.3) is 0 Å². The summed E-state index contributed by atoms with van der Waals surface area (Å²) in [5.41, 5.74) is 8.03. The Morgan fingerprint density at radius 2 is 2.06 bits per heavy atom. The quantitative estimate of drug-likeness (QED) is 0.756. The van der Waals surface area contributed by atoms with Crippen LogP contribution in [0.2, 0.25) is 0 Å². The Morgan fingerprint density at radius 1 is 1.33 bits per heavy atom. The maximum absolute atomic E-state index is 6.03. The molecule has 0 aliphatic rings. The van der Waals surface area contributed by atoms with E-state index in [4.69, 9.17) is 10.5 Å². The minimum absolute atomic E-state index is 0.719. The molecule has 1 atom stereocenters. The average molecular weight is 250 g/mol. The van der Waals surface area contributed by atoms with Crippen LogP contribution in [0.5, 0.6) is 5.75 Å². The number of methoxy groups -OCH3 is 1.